The Balaban J connectivity index is 2.14. The lowest BCUT2D eigenvalue weighted by molar-refractivity contribution is 0.761. The molecule has 1 saturated carbocycles. The van der Waals surface area contributed by atoms with Gasteiger partial charge >= 0.3 is 0 Å². The van der Waals surface area contributed by atoms with Gasteiger partial charge in [0.25, 0.3) is 0 Å². The quantitative estimate of drug-likeness (QED) is 0.584. The molecule has 4 heteroatoms. The third-order valence-electron chi connectivity index (χ3n) is 2.81. The summed E-state index contributed by atoms with van der Waals surface area (Å²) >= 11 is 0. The highest BCUT2D eigenvalue weighted by Gasteiger charge is 2.28. The lowest BCUT2D eigenvalue weighted by Crippen LogP contribution is -2.26. The van der Waals surface area contributed by atoms with E-state index in [1.807, 2.05) is 18.3 Å². The Morgan fingerprint density at radius 1 is 1.56 bits per heavy atom. The van der Waals surface area contributed by atoms with Crippen molar-refractivity contribution in [1.82, 2.24) is 4.98 Å². The predicted octanol–water partition coefficient (Wildman–Crippen LogP) is 1.74. The number of pyridine rings is 1. The van der Waals surface area contributed by atoms with Crippen molar-refractivity contribution in [2.75, 3.05) is 11.4 Å². The molecule has 1 fully saturated rings. The van der Waals surface area contributed by atoms with E-state index >= 15 is 0 Å². The van der Waals surface area contributed by atoms with Gasteiger partial charge in [-0.15, -0.1) is 0 Å². The number of aromatic nitrogens is 1. The van der Waals surface area contributed by atoms with Gasteiger partial charge in [0.1, 0.15) is 11.5 Å². The Hall–Kier alpha value is -1.58. The van der Waals surface area contributed by atoms with Crippen LogP contribution in [0.3, 0.4) is 0 Å². The van der Waals surface area contributed by atoms with E-state index in [1.165, 1.54) is 12.8 Å². The van der Waals surface area contributed by atoms with Gasteiger partial charge in [-0.1, -0.05) is 6.92 Å². The van der Waals surface area contributed by atoms with Gasteiger partial charge in [-0.3, -0.25) is 10.4 Å². The summed E-state index contributed by atoms with van der Waals surface area (Å²) in [5, 5.41) is 7.29. The van der Waals surface area contributed by atoms with Gasteiger partial charge in [0.05, 0.1) is 11.9 Å². The summed E-state index contributed by atoms with van der Waals surface area (Å²) in [5.41, 5.74) is 7.08. The second-order valence-electron chi connectivity index (χ2n) is 4.24. The molecule has 1 heterocycles. The summed E-state index contributed by atoms with van der Waals surface area (Å²) in [6, 6.07) is 4.53. The monoisotopic (exact) mass is 218 g/mol. The summed E-state index contributed by atoms with van der Waals surface area (Å²) in [5.74, 6) is 0.0278. The molecule has 1 aromatic rings. The standard InChI is InChI=1S/C12H18N4/c1-2-7-16(9-3-4-9)10-5-6-11(12(13)14)15-8-10/h5-6,8-9H,2-4,7H2,1H3,(H3,13,14). The Kier molecular flexibility index (Phi) is 3.08. The van der Waals surface area contributed by atoms with E-state index in [9.17, 15) is 0 Å². The minimum absolute atomic E-state index is 0.0278. The van der Waals surface area contributed by atoms with Gasteiger partial charge in [0, 0.05) is 12.6 Å². The highest BCUT2D eigenvalue weighted by molar-refractivity contribution is 5.93. The number of anilines is 1. The molecule has 0 aromatic carbocycles. The number of rotatable bonds is 5. The summed E-state index contributed by atoms with van der Waals surface area (Å²) in [7, 11) is 0. The van der Waals surface area contributed by atoms with E-state index in [0.717, 1.165) is 18.7 Å². The van der Waals surface area contributed by atoms with Gasteiger partial charge in [-0.05, 0) is 31.4 Å². The Bertz CT molecular complexity index is 367. The summed E-state index contributed by atoms with van der Waals surface area (Å²) in [4.78, 5) is 6.60. The Morgan fingerprint density at radius 2 is 2.31 bits per heavy atom. The smallest absolute Gasteiger partial charge is 0.141 e. The minimum Gasteiger partial charge on any atom is -0.382 e. The Morgan fingerprint density at radius 3 is 2.75 bits per heavy atom. The third-order valence-corrected chi connectivity index (χ3v) is 2.81. The van der Waals surface area contributed by atoms with Crippen molar-refractivity contribution in [1.29, 1.82) is 5.41 Å². The number of nitrogens with zero attached hydrogens (tertiary/aromatic N) is 2. The van der Waals surface area contributed by atoms with Crippen LogP contribution >= 0.6 is 0 Å². The molecular formula is C12H18N4. The van der Waals surface area contributed by atoms with E-state index in [1.54, 1.807) is 0 Å². The molecule has 0 unspecified atom stereocenters. The van der Waals surface area contributed by atoms with Crippen molar-refractivity contribution in [2.45, 2.75) is 32.2 Å². The third kappa shape index (κ3) is 2.32. The molecule has 0 spiro atoms. The van der Waals surface area contributed by atoms with Crippen LogP contribution in [0.2, 0.25) is 0 Å². The number of hydrogen-bond acceptors (Lipinski definition) is 3. The molecule has 0 amide bonds. The molecule has 1 aliphatic rings. The van der Waals surface area contributed by atoms with Crippen molar-refractivity contribution in [2.24, 2.45) is 5.73 Å². The zero-order valence-electron chi connectivity index (χ0n) is 9.61. The molecule has 2 rings (SSSR count). The lowest BCUT2D eigenvalue weighted by Gasteiger charge is -2.23. The highest BCUT2D eigenvalue weighted by Crippen LogP contribution is 2.31. The fraction of sp³-hybridized carbons (Fsp3) is 0.500. The number of amidine groups is 1. The largest absolute Gasteiger partial charge is 0.382 e. The molecule has 0 aliphatic heterocycles. The van der Waals surface area contributed by atoms with Gasteiger partial charge in [-0.2, -0.15) is 0 Å². The molecule has 3 N–H and O–H groups in total. The van der Waals surface area contributed by atoms with Crippen LogP contribution in [0.25, 0.3) is 0 Å². The second-order valence-corrected chi connectivity index (χ2v) is 4.24. The van der Waals surface area contributed by atoms with E-state index in [0.29, 0.717) is 11.7 Å². The fourth-order valence-electron chi connectivity index (χ4n) is 1.86. The second kappa shape index (κ2) is 4.51. The van der Waals surface area contributed by atoms with E-state index in [2.05, 4.69) is 16.8 Å². The number of hydrogen-bond donors (Lipinski definition) is 2. The van der Waals surface area contributed by atoms with E-state index in [-0.39, 0.29) is 5.84 Å². The van der Waals surface area contributed by atoms with Crippen LogP contribution in [0.5, 0.6) is 0 Å². The first-order valence-corrected chi connectivity index (χ1v) is 5.79. The van der Waals surface area contributed by atoms with Crippen LogP contribution in [-0.4, -0.2) is 23.4 Å². The first-order valence-electron chi connectivity index (χ1n) is 5.79. The molecule has 1 aromatic heterocycles. The molecule has 0 radical (unpaired) electrons. The first-order chi connectivity index (χ1) is 7.72. The summed E-state index contributed by atoms with van der Waals surface area (Å²) in [6.07, 6.45) is 5.54. The summed E-state index contributed by atoms with van der Waals surface area (Å²) in [6.45, 7) is 3.26. The Labute approximate surface area is 96.0 Å². The maximum Gasteiger partial charge on any atom is 0.141 e. The van der Waals surface area contributed by atoms with Gasteiger partial charge in [0.15, 0.2) is 0 Å². The highest BCUT2D eigenvalue weighted by atomic mass is 15.2. The normalized spacial score (nSPS) is 14.8. The fourth-order valence-corrected chi connectivity index (χ4v) is 1.86. The van der Waals surface area contributed by atoms with Crippen LogP contribution < -0.4 is 10.6 Å². The molecule has 1 aliphatic carbocycles. The van der Waals surface area contributed by atoms with Crippen LogP contribution in [0.4, 0.5) is 5.69 Å². The van der Waals surface area contributed by atoms with E-state index in [4.69, 9.17) is 11.1 Å². The van der Waals surface area contributed by atoms with Crippen molar-refractivity contribution < 1.29 is 0 Å². The lowest BCUT2D eigenvalue weighted by atomic mass is 10.2. The zero-order valence-corrected chi connectivity index (χ0v) is 9.61. The SMILES string of the molecule is CCCN(c1ccc(C(=N)N)nc1)C1CC1. The number of nitrogen functional groups attached to an aromatic ring is 1. The van der Waals surface area contributed by atoms with Crippen molar-refractivity contribution >= 4 is 11.5 Å². The molecule has 4 nitrogen and oxygen atoms in total. The molecule has 0 saturated heterocycles. The van der Waals surface area contributed by atoms with Crippen LogP contribution in [0.15, 0.2) is 18.3 Å². The van der Waals surface area contributed by atoms with Crippen LogP contribution in [-0.2, 0) is 0 Å². The van der Waals surface area contributed by atoms with Crippen LogP contribution in [0.1, 0.15) is 31.9 Å². The topological polar surface area (TPSA) is 66.0 Å². The van der Waals surface area contributed by atoms with Crippen molar-refractivity contribution in [3.8, 4) is 0 Å². The number of nitrogens with one attached hydrogen (secondary N) is 1. The van der Waals surface area contributed by atoms with Crippen LogP contribution in [0, 0.1) is 5.41 Å². The van der Waals surface area contributed by atoms with E-state index < -0.39 is 0 Å². The molecule has 0 bridgehead atoms. The molecule has 86 valence electrons. The predicted molar refractivity (Wildman–Crippen MR) is 65.9 cm³/mol. The van der Waals surface area contributed by atoms with Gasteiger partial charge in [0.2, 0.25) is 0 Å². The van der Waals surface area contributed by atoms with Crippen molar-refractivity contribution in [3.63, 3.8) is 0 Å². The minimum atomic E-state index is 0.0278. The maximum atomic E-state index is 7.29. The molecule has 16 heavy (non-hydrogen) atoms. The number of nitrogens with two attached hydrogens (primary N) is 1. The average molecular weight is 218 g/mol. The van der Waals surface area contributed by atoms with Crippen molar-refractivity contribution in [3.05, 3.63) is 24.0 Å². The average Bonchev–Trinajstić information content (AvgIpc) is 3.10. The summed E-state index contributed by atoms with van der Waals surface area (Å²) < 4.78 is 0. The first kappa shape index (κ1) is 10.9. The van der Waals surface area contributed by atoms with Gasteiger partial charge < -0.3 is 10.6 Å². The molecule has 0 atom stereocenters. The van der Waals surface area contributed by atoms with Gasteiger partial charge in [-0.25, -0.2) is 0 Å². The zero-order chi connectivity index (χ0) is 11.5. The molecular weight excluding hydrogens is 200 g/mol. The maximum absolute atomic E-state index is 7.29.